The quantitative estimate of drug-likeness (QED) is 0.735. The van der Waals surface area contributed by atoms with Crippen LogP contribution in [0.25, 0.3) is 10.2 Å². The van der Waals surface area contributed by atoms with Crippen LogP contribution in [0.2, 0.25) is 0 Å². The van der Waals surface area contributed by atoms with E-state index in [4.69, 9.17) is 14.3 Å². The summed E-state index contributed by atoms with van der Waals surface area (Å²) in [5.74, 6) is 0. The van der Waals surface area contributed by atoms with Crippen molar-refractivity contribution >= 4 is 34.1 Å². The average molecular weight is 374 g/mol. The molecule has 2 aromatic rings. The molecule has 6 heteroatoms. The second-order valence-electron chi connectivity index (χ2n) is 8.78. The molecule has 1 fully saturated rings. The highest BCUT2D eigenvalue weighted by Crippen LogP contribution is 2.36. The van der Waals surface area contributed by atoms with Crippen molar-refractivity contribution in [2.45, 2.75) is 85.2 Å². The van der Waals surface area contributed by atoms with Gasteiger partial charge in [-0.25, -0.2) is 4.98 Å². The predicted molar refractivity (Wildman–Crippen MR) is 111 cm³/mol. The molecule has 0 atom stereocenters. The Bertz CT molecular complexity index is 761. The smallest absolute Gasteiger partial charge is 0.399 e. The minimum absolute atomic E-state index is 0.325. The monoisotopic (exact) mass is 374 g/mol. The van der Waals surface area contributed by atoms with Crippen LogP contribution in [0, 0.1) is 0 Å². The Hall–Kier alpha value is -0.945. The predicted octanol–water partition coefficient (Wildman–Crippen LogP) is 4.21. The topological polar surface area (TPSA) is 34.6 Å². The lowest BCUT2D eigenvalue weighted by atomic mass is 9.79. The van der Waals surface area contributed by atoms with Gasteiger partial charge in [-0.15, -0.1) is 11.3 Å². The maximum atomic E-state index is 6.18. The van der Waals surface area contributed by atoms with E-state index >= 15 is 0 Å². The van der Waals surface area contributed by atoms with Crippen molar-refractivity contribution in [3.05, 3.63) is 23.2 Å². The lowest BCUT2D eigenvalue weighted by Crippen LogP contribution is -2.41. The molecule has 0 bridgehead atoms. The zero-order chi connectivity index (χ0) is 19.3. The molecule has 1 aromatic carbocycles. The second-order valence-corrected chi connectivity index (χ2v) is 9.90. The maximum absolute atomic E-state index is 6.18. The van der Waals surface area contributed by atoms with Gasteiger partial charge in [0.1, 0.15) is 5.01 Å². The lowest BCUT2D eigenvalue weighted by Gasteiger charge is -2.32. The minimum atomic E-state index is -0.336. The SMILES string of the molecule is CC(C)N(Cc1nc2cc(B3OC(C)(C)C(C)(C)O3)ccc2s1)C(C)C. The summed E-state index contributed by atoms with van der Waals surface area (Å²) < 4.78 is 13.6. The first-order valence-corrected chi connectivity index (χ1v) is 10.3. The van der Waals surface area contributed by atoms with Gasteiger partial charge in [-0.05, 0) is 73.0 Å². The highest BCUT2D eigenvalue weighted by atomic mass is 32.1. The maximum Gasteiger partial charge on any atom is 0.494 e. The summed E-state index contributed by atoms with van der Waals surface area (Å²) in [5, 5.41) is 1.16. The molecule has 0 radical (unpaired) electrons. The lowest BCUT2D eigenvalue weighted by molar-refractivity contribution is 0.00578. The van der Waals surface area contributed by atoms with Crippen LogP contribution < -0.4 is 5.46 Å². The Labute approximate surface area is 162 Å². The summed E-state index contributed by atoms with van der Waals surface area (Å²) in [6.07, 6.45) is 0. The molecular weight excluding hydrogens is 343 g/mol. The van der Waals surface area contributed by atoms with Crippen LogP contribution in [0.1, 0.15) is 60.4 Å². The molecule has 26 heavy (non-hydrogen) atoms. The fourth-order valence-electron chi connectivity index (χ4n) is 3.30. The zero-order valence-electron chi connectivity index (χ0n) is 17.3. The van der Waals surface area contributed by atoms with E-state index in [1.54, 1.807) is 11.3 Å². The van der Waals surface area contributed by atoms with E-state index in [0.717, 1.165) is 22.5 Å². The molecule has 4 nitrogen and oxygen atoms in total. The first-order valence-electron chi connectivity index (χ1n) is 9.51. The van der Waals surface area contributed by atoms with Gasteiger partial charge in [-0.3, -0.25) is 4.90 Å². The first kappa shape index (κ1) is 19.8. The molecule has 1 saturated heterocycles. The number of benzene rings is 1. The Morgan fingerprint density at radius 3 is 2.15 bits per heavy atom. The minimum Gasteiger partial charge on any atom is -0.399 e. The van der Waals surface area contributed by atoms with Gasteiger partial charge in [0.25, 0.3) is 0 Å². The number of aromatic nitrogens is 1. The van der Waals surface area contributed by atoms with E-state index in [0.29, 0.717) is 12.1 Å². The van der Waals surface area contributed by atoms with Gasteiger partial charge in [-0.1, -0.05) is 6.07 Å². The highest BCUT2D eigenvalue weighted by Gasteiger charge is 2.51. The number of thiazole rings is 1. The van der Waals surface area contributed by atoms with Crippen LogP contribution >= 0.6 is 11.3 Å². The van der Waals surface area contributed by atoms with Crippen molar-refractivity contribution in [1.82, 2.24) is 9.88 Å². The molecule has 142 valence electrons. The Kier molecular flexibility index (Phi) is 5.25. The van der Waals surface area contributed by atoms with E-state index in [1.807, 2.05) is 0 Å². The third kappa shape index (κ3) is 3.70. The number of hydrogen-bond acceptors (Lipinski definition) is 5. The average Bonchev–Trinajstić information content (AvgIpc) is 3.01. The van der Waals surface area contributed by atoms with Gasteiger partial charge in [0.2, 0.25) is 0 Å². The van der Waals surface area contributed by atoms with E-state index < -0.39 is 0 Å². The first-order chi connectivity index (χ1) is 12.0. The van der Waals surface area contributed by atoms with Crippen molar-refractivity contribution < 1.29 is 9.31 Å². The summed E-state index contributed by atoms with van der Waals surface area (Å²) in [4.78, 5) is 7.35. The standard InChI is InChI=1S/C20H31BN2O2S/c1-13(2)23(14(3)4)12-18-22-16-11-15(9-10-17(16)26-18)21-24-19(5,6)20(7,8)25-21/h9-11,13-14H,12H2,1-8H3. The van der Waals surface area contributed by atoms with Crippen LogP contribution in [-0.4, -0.2) is 40.3 Å². The van der Waals surface area contributed by atoms with Gasteiger partial charge >= 0.3 is 7.12 Å². The summed E-state index contributed by atoms with van der Waals surface area (Å²) in [7, 11) is -0.336. The molecule has 2 heterocycles. The Morgan fingerprint density at radius 1 is 1.04 bits per heavy atom. The zero-order valence-corrected chi connectivity index (χ0v) is 18.1. The fourth-order valence-corrected chi connectivity index (χ4v) is 4.26. The molecule has 0 aliphatic carbocycles. The van der Waals surface area contributed by atoms with Crippen LogP contribution in [0.4, 0.5) is 0 Å². The number of nitrogens with zero attached hydrogens (tertiary/aromatic N) is 2. The van der Waals surface area contributed by atoms with Crippen molar-refractivity contribution in [2.75, 3.05) is 0 Å². The summed E-state index contributed by atoms with van der Waals surface area (Å²) in [6, 6.07) is 7.37. The Morgan fingerprint density at radius 2 is 1.62 bits per heavy atom. The summed E-state index contributed by atoms with van der Waals surface area (Å²) in [5.41, 5.74) is 1.42. The fraction of sp³-hybridized carbons (Fsp3) is 0.650. The molecule has 0 spiro atoms. The van der Waals surface area contributed by atoms with Gasteiger partial charge in [0.05, 0.1) is 28.0 Å². The molecule has 1 aromatic heterocycles. The number of fused-ring (bicyclic) bond motifs is 1. The molecule has 0 saturated carbocycles. The number of rotatable bonds is 5. The van der Waals surface area contributed by atoms with Crippen LogP contribution in [0.5, 0.6) is 0 Å². The second kappa shape index (κ2) is 6.90. The normalized spacial score (nSPS) is 19.4. The third-order valence-electron chi connectivity index (χ3n) is 5.63. The molecule has 0 N–H and O–H groups in total. The van der Waals surface area contributed by atoms with Crippen LogP contribution in [0.15, 0.2) is 18.2 Å². The summed E-state index contributed by atoms with van der Waals surface area (Å²) >= 11 is 1.78. The van der Waals surface area contributed by atoms with Gasteiger partial charge < -0.3 is 9.31 Å². The summed E-state index contributed by atoms with van der Waals surface area (Å²) in [6.45, 7) is 18.2. The van der Waals surface area contributed by atoms with Crippen LogP contribution in [0.3, 0.4) is 0 Å². The van der Waals surface area contributed by atoms with Crippen molar-refractivity contribution in [1.29, 1.82) is 0 Å². The van der Waals surface area contributed by atoms with E-state index in [1.165, 1.54) is 4.70 Å². The van der Waals surface area contributed by atoms with Gasteiger partial charge in [-0.2, -0.15) is 0 Å². The van der Waals surface area contributed by atoms with E-state index in [2.05, 4.69) is 78.5 Å². The van der Waals surface area contributed by atoms with Gasteiger partial charge in [0, 0.05) is 12.1 Å². The molecule has 1 aliphatic rings. The van der Waals surface area contributed by atoms with Crippen molar-refractivity contribution in [3.63, 3.8) is 0 Å². The molecule has 0 amide bonds. The van der Waals surface area contributed by atoms with Crippen molar-refractivity contribution in [2.24, 2.45) is 0 Å². The van der Waals surface area contributed by atoms with E-state index in [-0.39, 0.29) is 18.3 Å². The van der Waals surface area contributed by atoms with Crippen LogP contribution in [-0.2, 0) is 15.9 Å². The van der Waals surface area contributed by atoms with Gasteiger partial charge in [0.15, 0.2) is 0 Å². The largest absolute Gasteiger partial charge is 0.494 e. The number of hydrogen-bond donors (Lipinski definition) is 0. The van der Waals surface area contributed by atoms with Crippen molar-refractivity contribution in [3.8, 4) is 0 Å². The van der Waals surface area contributed by atoms with E-state index in [9.17, 15) is 0 Å². The molecular formula is C20H31BN2O2S. The molecule has 0 unspecified atom stereocenters. The highest BCUT2D eigenvalue weighted by molar-refractivity contribution is 7.18. The molecule has 1 aliphatic heterocycles. The third-order valence-corrected chi connectivity index (χ3v) is 6.65. The Balaban J connectivity index is 1.84. The molecule has 3 rings (SSSR count).